The van der Waals surface area contributed by atoms with Crippen LogP contribution in [0.3, 0.4) is 0 Å². The number of aromatic nitrogens is 1. The van der Waals surface area contributed by atoms with E-state index in [1.807, 2.05) is 23.1 Å². The number of rotatable bonds is 7. The van der Waals surface area contributed by atoms with Crippen molar-refractivity contribution in [3.05, 3.63) is 83.4 Å². The Morgan fingerprint density at radius 3 is 2.46 bits per heavy atom. The van der Waals surface area contributed by atoms with Crippen molar-refractivity contribution < 1.29 is 9.53 Å². The van der Waals surface area contributed by atoms with E-state index in [9.17, 15) is 4.79 Å². The van der Waals surface area contributed by atoms with Crippen molar-refractivity contribution in [2.24, 2.45) is 0 Å². The van der Waals surface area contributed by atoms with E-state index < -0.39 is 0 Å². The molecule has 4 aromatic rings. The third-order valence-corrected chi connectivity index (χ3v) is 7.73. The van der Waals surface area contributed by atoms with Gasteiger partial charge in [0.25, 0.3) is 0 Å². The highest BCUT2D eigenvalue weighted by atomic mass is 32.1. The smallest absolute Gasteiger partial charge is 0.233 e. The van der Waals surface area contributed by atoms with Crippen molar-refractivity contribution >= 4 is 32.6 Å². The molecule has 3 aromatic carbocycles. The van der Waals surface area contributed by atoms with Crippen molar-refractivity contribution in [2.75, 3.05) is 44.3 Å². The summed E-state index contributed by atoms with van der Waals surface area (Å²) in [5.41, 5.74) is 6.72. The molecule has 0 spiro atoms. The molecule has 0 N–H and O–H groups in total. The van der Waals surface area contributed by atoms with Gasteiger partial charge in [-0.1, -0.05) is 72.0 Å². The summed E-state index contributed by atoms with van der Waals surface area (Å²) in [6.07, 6.45) is 0.353. The maximum Gasteiger partial charge on any atom is 0.233 e. The highest BCUT2D eigenvalue weighted by Crippen LogP contribution is 2.32. The molecule has 0 unspecified atom stereocenters. The Morgan fingerprint density at radius 1 is 1.00 bits per heavy atom. The van der Waals surface area contributed by atoms with E-state index in [1.54, 1.807) is 11.3 Å². The van der Waals surface area contributed by atoms with Crippen LogP contribution in [0.2, 0.25) is 0 Å². The minimum Gasteiger partial charge on any atom is -0.379 e. The van der Waals surface area contributed by atoms with E-state index in [4.69, 9.17) is 9.72 Å². The number of ether oxygens (including phenoxy) is 1. The number of amides is 1. The van der Waals surface area contributed by atoms with Crippen molar-refractivity contribution in [3.63, 3.8) is 0 Å². The van der Waals surface area contributed by atoms with Gasteiger partial charge < -0.3 is 4.74 Å². The Balaban J connectivity index is 1.37. The van der Waals surface area contributed by atoms with Gasteiger partial charge in [-0.15, -0.1) is 0 Å². The van der Waals surface area contributed by atoms with Crippen molar-refractivity contribution in [3.8, 4) is 11.1 Å². The van der Waals surface area contributed by atoms with Crippen LogP contribution < -0.4 is 4.90 Å². The molecule has 1 amide bonds. The van der Waals surface area contributed by atoms with Gasteiger partial charge in [-0.05, 0) is 47.7 Å². The lowest BCUT2D eigenvalue weighted by Crippen LogP contribution is -2.43. The van der Waals surface area contributed by atoms with Gasteiger partial charge in [-0.3, -0.25) is 14.6 Å². The predicted molar refractivity (Wildman–Crippen MR) is 144 cm³/mol. The van der Waals surface area contributed by atoms with Crippen LogP contribution in [0.15, 0.2) is 66.7 Å². The monoisotopic (exact) mass is 485 g/mol. The summed E-state index contributed by atoms with van der Waals surface area (Å²) in [6.45, 7) is 8.96. The van der Waals surface area contributed by atoms with Crippen LogP contribution in [0.1, 0.15) is 16.7 Å². The lowest BCUT2D eigenvalue weighted by Gasteiger charge is -2.29. The van der Waals surface area contributed by atoms with Crippen LogP contribution in [0.5, 0.6) is 0 Å². The van der Waals surface area contributed by atoms with Gasteiger partial charge in [0.05, 0.1) is 29.9 Å². The molecule has 1 aliphatic heterocycles. The van der Waals surface area contributed by atoms with Crippen LogP contribution in [-0.4, -0.2) is 55.2 Å². The first-order chi connectivity index (χ1) is 17.1. The molecular weight excluding hydrogens is 454 g/mol. The summed E-state index contributed by atoms with van der Waals surface area (Å²) in [5, 5.41) is 0.785. The number of carbonyl (C=O) groups excluding carboxylic acids is 1. The number of benzene rings is 3. The van der Waals surface area contributed by atoms with Crippen LogP contribution >= 0.6 is 11.3 Å². The number of thiazole rings is 1. The molecule has 5 nitrogen and oxygen atoms in total. The molecule has 0 atom stereocenters. The highest BCUT2D eigenvalue weighted by molar-refractivity contribution is 7.22. The zero-order valence-corrected chi connectivity index (χ0v) is 21.2. The Hall–Kier alpha value is -3.06. The van der Waals surface area contributed by atoms with E-state index in [2.05, 4.69) is 67.3 Å². The summed E-state index contributed by atoms with van der Waals surface area (Å²) in [6, 6.07) is 22.9. The number of nitrogens with zero attached hydrogens (tertiary/aromatic N) is 3. The molecule has 180 valence electrons. The molecule has 5 rings (SSSR count). The second-order valence-corrected chi connectivity index (χ2v) is 10.1. The fourth-order valence-electron chi connectivity index (χ4n) is 4.59. The zero-order chi connectivity index (χ0) is 24.2. The van der Waals surface area contributed by atoms with Gasteiger partial charge >= 0.3 is 0 Å². The van der Waals surface area contributed by atoms with E-state index in [1.165, 1.54) is 16.7 Å². The summed E-state index contributed by atoms with van der Waals surface area (Å²) in [7, 11) is 0. The largest absolute Gasteiger partial charge is 0.379 e. The van der Waals surface area contributed by atoms with Crippen LogP contribution in [0.4, 0.5) is 5.13 Å². The van der Waals surface area contributed by atoms with Crippen LogP contribution in [0.25, 0.3) is 21.3 Å². The molecule has 35 heavy (non-hydrogen) atoms. The Bertz CT molecular complexity index is 1300. The van der Waals surface area contributed by atoms with E-state index in [0.29, 0.717) is 13.0 Å². The third kappa shape index (κ3) is 5.61. The van der Waals surface area contributed by atoms with Crippen LogP contribution in [-0.2, 0) is 16.0 Å². The highest BCUT2D eigenvalue weighted by Gasteiger charge is 2.22. The number of morpholine rings is 1. The molecule has 6 heteroatoms. The molecule has 0 bridgehead atoms. The Morgan fingerprint density at radius 2 is 1.71 bits per heavy atom. The lowest BCUT2D eigenvalue weighted by atomic mass is 10.0. The minimum absolute atomic E-state index is 0.0825. The van der Waals surface area contributed by atoms with Gasteiger partial charge in [-0.25, -0.2) is 4.98 Å². The number of carbonyl (C=O) groups is 1. The molecule has 0 radical (unpaired) electrons. The summed E-state index contributed by atoms with van der Waals surface area (Å²) in [4.78, 5) is 22.8. The minimum atomic E-state index is 0.0825. The maximum atomic E-state index is 13.6. The Kier molecular flexibility index (Phi) is 7.23. The SMILES string of the molecule is Cc1cc(C)c2sc(N(CCN3CCOCC3)C(=O)Cc3ccc(-c4ccccc4)cc3)nc2c1. The van der Waals surface area contributed by atoms with Crippen LogP contribution in [0, 0.1) is 13.8 Å². The number of fused-ring (bicyclic) bond motifs is 1. The van der Waals surface area contributed by atoms with Gasteiger partial charge in [0.1, 0.15) is 0 Å². The number of anilines is 1. The summed E-state index contributed by atoms with van der Waals surface area (Å²) < 4.78 is 6.65. The molecule has 2 heterocycles. The van der Waals surface area contributed by atoms with Gasteiger partial charge in [0, 0.05) is 26.2 Å². The molecule has 1 aliphatic rings. The van der Waals surface area contributed by atoms with E-state index in [-0.39, 0.29) is 5.91 Å². The fraction of sp³-hybridized carbons (Fsp3) is 0.310. The lowest BCUT2D eigenvalue weighted by molar-refractivity contribution is -0.118. The topological polar surface area (TPSA) is 45.7 Å². The maximum absolute atomic E-state index is 13.6. The molecular formula is C29H31N3O2S. The van der Waals surface area contributed by atoms with Crippen molar-refractivity contribution in [1.29, 1.82) is 0 Å². The molecule has 0 aliphatic carbocycles. The zero-order valence-electron chi connectivity index (χ0n) is 20.4. The molecule has 0 saturated carbocycles. The number of hydrogen-bond donors (Lipinski definition) is 0. The average molecular weight is 486 g/mol. The first-order valence-corrected chi connectivity index (χ1v) is 13.0. The van der Waals surface area contributed by atoms with E-state index in [0.717, 1.165) is 59.3 Å². The summed E-state index contributed by atoms with van der Waals surface area (Å²) in [5.74, 6) is 0.0825. The van der Waals surface area contributed by atoms with Crippen molar-refractivity contribution in [1.82, 2.24) is 9.88 Å². The second kappa shape index (κ2) is 10.7. The average Bonchev–Trinajstić information content (AvgIpc) is 3.30. The fourth-order valence-corrected chi connectivity index (χ4v) is 5.65. The Labute approximate surface area is 211 Å². The number of aryl methyl sites for hydroxylation is 2. The summed E-state index contributed by atoms with van der Waals surface area (Å²) >= 11 is 1.62. The third-order valence-electron chi connectivity index (χ3n) is 6.50. The van der Waals surface area contributed by atoms with Gasteiger partial charge in [0.2, 0.25) is 5.91 Å². The first kappa shape index (κ1) is 23.7. The quantitative estimate of drug-likeness (QED) is 0.347. The predicted octanol–water partition coefficient (Wildman–Crippen LogP) is 5.49. The van der Waals surface area contributed by atoms with E-state index >= 15 is 0 Å². The number of hydrogen-bond acceptors (Lipinski definition) is 5. The first-order valence-electron chi connectivity index (χ1n) is 12.2. The molecule has 1 aromatic heterocycles. The second-order valence-electron chi connectivity index (χ2n) is 9.17. The van der Waals surface area contributed by atoms with Gasteiger partial charge in [-0.2, -0.15) is 0 Å². The van der Waals surface area contributed by atoms with Gasteiger partial charge in [0.15, 0.2) is 5.13 Å². The molecule has 1 fully saturated rings. The molecule has 1 saturated heterocycles. The van der Waals surface area contributed by atoms with Crippen molar-refractivity contribution in [2.45, 2.75) is 20.3 Å². The standard InChI is InChI=1S/C29H31N3O2S/c1-21-18-22(2)28-26(19-21)30-29(35-28)32(13-12-31-14-16-34-17-15-31)27(33)20-23-8-10-25(11-9-23)24-6-4-3-5-7-24/h3-11,18-19H,12-17,20H2,1-2H3. The normalized spacial score (nSPS) is 14.3.